The molecule has 14 heteroatoms. The van der Waals surface area contributed by atoms with Gasteiger partial charge in [0.05, 0.1) is 6.10 Å². The number of hydroxylamine groups is 1. The second-order valence-corrected chi connectivity index (χ2v) is 11.1. The van der Waals surface area contributed by atoms with Gasteiger partial charge < -0.3 is 36.2 Å². The Kier molecular flexibility index (Phi) is 13.6. The zero-order chi connectivity index (χ0) is 32.9. The fraction of sp³-hybridized carbons (Fsp3) is 0.433. The van der Waals surface area contributed by atoms with Gasteiger partial charge >= 0.3 is 12.2 Å². The third kappa shape index (κ3) is 12.3. The van der Waals surface area contributed by atoms with Crippen molar-refractivity contribution in [3.05, 3.63) is 59.7 Å². The van der Waals surface area contributed by atoms with Crippen molar-refractivity contribution >= 4 is 29.9 Å². The van der Waals surface area contributed by atoms with Crippen LogP contribution in [0.3, 0.4) is 0 Å². The second kappa shape index (κ2) is 16.8. The van der Waals surface area contributed by atoms with Crippen LogP contribution in [-0.4, -0.2) is 82.2 Å². The van der Waals surface area contributed by atoms with E-state index in [1.165, 1.54) is 12.4 Å². The summed E-state index contributed by atoms with van der Waals surface area (Å²) < 4.78 is 5.15. The van der Waals surface area contributed by atoms with Crippen molar-refractivity contribution in [2.75, 3.05) is 13.1 Å². The molecule has 0 saturated heterocycles. The van der Waals surface area contributed by atoms with Gasteiger partial charge in [-0.15, -0.1) is 0 Å². The van der Waals surface area contributed by atoms with Crippen molar-refractivity contribution in [3.8, 4) is 11.1 Å². The van der Waals surface area contributed by atoms with E-state index in [0.29, 0.717) is 12.8 Å². The van der Waals surface area contributed by atoms with Crippen LogP contribution in [0.5, 0.6) is 0 Å². The van der Waals surface area contributed by atoms with E-state index < -0.39 is 53.7 Å². The van der Waals surface area contributed by atoms with Crippen LogP contribution in [0.15, 0.2) is 48.5 Å². The number of carboxylic acid groups (broad SMARTS) is 1. The topological polar surface area (TPSA) is 215 Å². The lowest BCUT2D eigenvalue weighted by molar-refractivity contribution is -0.133. The van der Waals surface area contributed by atoms with Gasteiger partial charge in [-0.2, -0.15) is 0 Å². The molecule has 0 radical (unpaired) electrons. The smallest absolute Gasteiger partial charge is 0.407 e. The first-order valence-corrected chi connectivity index (χ1v) is 14.1. The van der Waals surface area contributed by atoms with Gasteiger partial charge in [-0.05, 0) is 75.8 Å². The number of carbonyl (C=O) groups excluding carboxylic acids is 4. The Bertz CT molecular complexity index is 1280. The summed E-state index contributed by atoms with van der Waals surface area (Å²) in [6.07, 6.45) is -2.10. The van der Waals surface area contributed by atoms with Gasteiger partial charge in [0.2, 0.25) is 5.91 Å². The molecule has 240 valence electrons. The van der Waals surface area contributed by atoms with E-state index in [0.717, 1.165) is 16.7 Å². The molecule has 2 aromatic rings. The minimum Gasteiger partial charge on any atom is -0.465 e. The first-order chi connectivity index (χ1) is 20.7. The summed E-state index contributed by atoms with van der Waals surface area (Å²) in [5.74, 6) is -2.00. The Morgan fingerprint density at radius 2 is 1.43 bits per heavy atom. The number of alkyl carbamates (subject to hydrolysis) is 1. The van der Waals surface area contributed by atoms with Crippen LogP contribution in [0, 0.1) is 0 Å². The highest BCUT2D eigenvalue weighted by atomic mass is 16.6. The molecule has 5 amide bonds. The molecule has 0 saturated carbocycles. The van der Waals surface area contributed by atoms with Gasteiger partial charge in [-0.25, -0.2) is 15.1 Å². The third-order valence-corrected chi connectivity index (χ3v) is 6.26. The number of nitrogens with one attached hydrogen (secondary N) is 5. The Hall–Kier alpha value is -4.69. The zero-order valence-electron chi connectivity index (χ0n) is 25.2. The molecule has 0 unspecified atom stereocenters. The number of ether oxygens (including phenoxy) is 1. The molecule has 8 N–H and O–H groups in total. The summed E-state index contributed by atoms with van der Waals surface area (Å²) in [5, 5.41) is 37.5. The van der Waals surface area contributed by atoms with E-state index in [4.69, 9.17) is 15.1 Å². The average molecular weight is 616 g/mol. The van der Waals surface area contributed by atoms with E-state index in [1.54, 1.807) is 45.0 Å². The molecule has 44 heavy (non-hydrogen) atoms. The van der Waals surface area contributed by atoms with Crippen molar-refractivity contribution in [1.29, 1.82) is 0 Å². The van der Waals surface area contributed by atoms with Gasteiger partial charge in [-0.3, -0.25) is 19.6 Å². The Balaban J connectivity index is 1.87. The maximum Gasteiger partial charge on any atom is 0.407 e. The van der Waals surface area contributed by atoms with E-state index in [1.807, 2.05) is 24.3 Å². The molecule has 0 spiro atoms. The summed E-state index contributed by atoms with van der Waals surface area (Å²) in [7, 11) is 0. The van der Waals surface area contributed by atoms with Gasteiger partial charge in [0.15, 0.2) is 0 Å². The molecule has 0 aliphatic heterocycles. The van der Waals surface area contributed by atoms with Gasteiger partial charge in [0.25, 0.3) is 11.8 Å². The molecular weight excluding hydrogens is 574 g/mol. The largest absolute Gasteiger partial charge is 0.465 e. The minimum atomic E-state index is -1.33. The standard InChI is InChI=1S/C30H41N5O9/c1-18(36)24(27(39)35-43)34-25(37)22-13-11-21(12-14-22)20-9-7-19(8-10-20)15-17-31-26(38)23(33-28(40)41)6-5-16-32-29(42)44-30(2,3)4/h7-14,18,23-24,33,36,43H,5-6,15-17H2,1-4H3,(H,31,38)(H,32,42)(H,34,37)(H,35,39)(H,40,41)/t18-,23+,24+/m1/s1. The summed E-state index contributed by atoms with van der Waals surface area (Å²) in [4.78, 5) is 59.7. The molecule has 2 rings (SSSR count). The molecule has 0 aliphatic rings. The van der Waals surface area contributed by atoms with Gasteiger partial charge in [-0.1, -0.05) is 36.4 Å². The second-order valence-electron chi connectivity index (χ2n) is 11.1. The molecule has 14 nitrogen and oxygen atoms in total. The predicted octanol–water partition coefficient (Wildman–Crippen LogP) is 1.94. The van der Waals surface area contributed by atoms with Crippen LogP contribution in [0.4, 0.5) is 9.59 Å². The van der Waals surface area contributed by atoms with Crippen LogP contribution in [0.2, 0.25) is 0 Å². The zero-order valence-corrected chi connectivity index (χ0v) is 25.2. The normalized spacial score (nSPS) is 13.0. The number of amides is 5. The molecule has 0 fully saturated rings. The average Bonchev–Trinajstić information content (AvgIpc) is 2.96. The van der Waals surface area contributed by atoms with Gasteiger partial charge in [0, 0.05) is 18.7 Å². The van der Waals surface area contributed by atoms with Crippen LogP contribution < -0.4 is 26.7 Å². The first kappa shape index (κ1) is 35.5. The highest BCUT2D eigenvalue weighted by molar-refractivity contribution is 5.98. The van der Waals surface area contributed by atoms with Crippen LogP contribution in [0.1, 0.15) is 56.5 Å². The number of carbonyl (C=O) groups is 5. The maximum absolute atomic E-state index is 12.6. The van der Waals surface area contributed by atoms with E-state index in [-0.39, 0.29) is 25.1 Å². The number of benzene rings is 2. The molecule has 2 aromatic carbocycles. The van der Waals surface area contributed by atoms with E-state index >= 15 is 0 Å². The van der Waals surface area contributed by atoms with Crippen molar-refractivity contribution < 1.29 is 44.1 Å². The van der Waals surface area contributed by atoms with E-state index in [2.05, 4.69) is 21.3 Å². The van der Waals surface area contributed by atoms with Crippen molar-refractivity contribution in [2.24, 2.45) is 0 Å². The number of hydrogen-bond acceptors (Lipinski definition) is 8. The fourth-order valence-corrected chi connectivity index (χ4v) is 4.06. The highest BCUT2D eigenvalue weighted by Gasteiger charge is 2.26. The number of hydrogen-bond donors (Lipinski definition) is 8. The van der Waals surface area contributed by atoms with Crippen LogP contribution >= 0.6 is 0 Å². The quantitative estimate of drug-likeness (QED) is 0.0884. The highest BCUT2D eigenvalue weighted by Crippen LogP contribution is 2.21. The van der Waals surface area contributed by atoms with Crippen molar-refractivity contribution in [3.63, 3.8) is 0 Å². The summed E-state index contributed by atoms with van der Waals surface area (Å²) >= 11 is 0. The predicted molar refractivity (Wildman–Crippen MR) is 160 cm³/mol. The summed E-state index contributed by atoms with van der Waals surface area (Å²) in [5.41, 5.74) is 3.66. The Labute approximate surface area is 255 Å². The number of aliphatic hydroxyl groups is 1. The molecule has 3 atom stereocenters. The van der Waals surface area contributed by atoms with Gasteiger partial charge in [0.1, 0.15) is 17.7 Å². The maximum atomic E-state index is 12.6. The van der Waals surface area contributed by atoms with Crippen LogP contribution in [-0.2, 0) is 20.7 Å². The minimum absolute atomic E-state index is 0.183. The lowest BCUT2D eigenvalue weighted by atomic mass is 10.0. The lowest BCUT2D eigenvalue weighted by Crippen LogP contribution is -2.51. The Morgan fingerprint density at radius 1 is 0.841 bits per heavy atom. The monoisotopic (exact) mass is 615 g/mol. The number of rotatable bonds is 14. The molecule has 0 aromatic heterocycles. The van der Waals surface area contributed by atoms with Crippen molar-refractivity contribution in [1.82, 2.24) is 26.7 Å². The summed E-state index contributed by atoms with van der Waals surface area (Å²) in [6.45, 7) is 7.02. The molecule has 0 bridgehead atoms. The molecular formula is C30H41N5O9. The molecule has 0 aliphatic carbocycles. The molecule has 0 heterocycles. The fourth-order valence-electron chi connectivity index (χ4n) is 4.06. The number of aliphatic hydroxyl groups excluding tert-OH is 1. The first-order valence-electron chi connectivity index (χ1n) is 14.1. The summed E-state index contributed by atoms with van der Waals surface area (Å²) in [6, 6.07) is 11.8. The van der Waals surface area contributed by atoms with E-state index in [9.17, 15) is 29.1 Å². The lowest BCUT2D eigenvalue weighted by Gasteiger charge is -2.20. The third-order valence-electron chi connectivity index (χ3n) is 6.26. The van der Waals surface area contributed by atoms with Crippen LogP contribution in [0.25, 0.3) is 11.1 Å². The Morgan fingerprint density at radius 3 is 1.95 bits per heavy atom. The SMILES string of the molecule is C[C@@H](O)[C@H](NC(=O)c1ccc(-c2ccc(CCNC(=O)[C@H](CCCNC(=O)OC(C)(C)C)NC(=O)O)cc2)cc1)C(=O)NO. The van der Waals surface area contributed by atoms with Crippen molar-refractivity contribution in [2.45, 2.75) is 70.7 Å².